The Morgan fingerprint density at radius 2 is 0.899 bits per heavy atom. The molecular formula is C40H69N3O26. The molecule has 5 aliphatic rings. The molecule has 29 nitrogen and oxygen atoms in total. The van der Waals surface area contributed by atoms with Crippen LogP contribution >= 0.6 is 0 Å². The molecule has 0 aromatic carbocycles. The molecule has 5 heterocycles. The molecule has 0 bridgehead atoms. The van der Waals surface area contributed by atoms with E-state index in [1.54, 1.807) is 0 Å². The highest BCUT2D eigenvalue weighted by Gasteiger charge is 2.56. The van der Waals surface area contributed by atoms with Crippen LogP contribution in [0.25, 0.3) is 0 Å². The van der Waals surface area contributed by atoms with Crippen molar-refractivity contribution in [1.82, 2.24) is 16.0 Å². The molecule has 25 atom stereocenters. The summed E-state index contributed by atoms with van der Waals surface area (Å²) in [5, 5.41) is 157. The molecule has 0 spiro atoms. The van der Waals surface area contributed by atoms with Crippen molar-refractivity contribution in [2.75, 3.05) is 33.0 Å². The zero-order valence-electron chi connectivity index (χ0n) is 38.0. The highest BCUT2D eigenvalue weighted by Crippen LogP contribution is 2.35. The van der Waals surface area contributed by atoms with E-state index in [-0.39, 0.29) is 6.42 Å². The maximum absolute atomic E-state index is 12.8. The van der Waals surface area contributed by atoms with Gasteiger partial charge >= 0.3 is 0 Å². The second-order valence-corrected chi connectivity index (χ2v) is 17.5. The molecule has 0 saturated carbocycles. The van der Waals surface area contributed by atoms with Crippen molar-refractivity contribution >= 4 is 17.7 Å². The van der Waals surface area contributed by atoms with Crippen molar-refractivity contribution in [2.24, 2.45) is 0 Å². The van der Waals surface area contributed by atoms with Gasteiger partial charge in [-0.2, -0.15) is 0 Å². The zero-order valence-corrected chi connectivity index (χ0v) is 38.0. The SMILES string of the molecule is CCCCCC(=O)N[C@@H]1OC(CO)[C@H](O[C@@H]2OC(CO)[C@H](O[C@@H]3OC(CO[C@@H]4OC(CO)[C@H](O)[C@H](O)C4O)[C@H](O)[C@H](O[C@H]4O[C@H](CO)[C@@H](O)C(O)C4O)C3O)[C@H](O)C2NC(C)=O)[C@H](O)C1NC(C)=O. The number of hydrogen-bond acceptors (Lipinski definition) is 26. The molecule has 5 saturated heterocycles. The van der Waals surface area contributed by atoms with E-state index in [4.69, 9.17) is 42.6 Å². The molecule has 69 heavy (non-hydrogen) atoms. The third kappa shape index (κ3) is 13.6. The molecule has 10 unspecified atom stereocenters. The summed E-state index contributed by atoms with van der Waals surface area (Å²) < 4.78 is 51.9. The predicted molar refractivity (Wildman–Crippen MR) is 220 cm³/mol. The van der Waals surface area contributed by atoms with Gasteiger partial charge in [0.2, 0.25) is 17.7 Å². The molecule has 5 rings (SSSR count). The molecule has 0 aromatic rings. The first kappa shape index (κ1) is 57.4. The minimum atomic E-state index is -2.19. The average molecular weight is 1010 g/mol. The van der Waals surface area contributed by atoms with Crippen molar-refractivity contribution in [3.05, 3.63) is 0 Å². The summed E-state index contributed by atoms with van der Waals surface area (Å²) in [4.78, 5) is 37.7. The van der Waals surface area contributed by atoms with Gasteiger partial charge in [0.05, 0.1) is 33.0 Å². The van der Waals surface area contributed by atoms with Crippen molar-refractivity contribution < 1.29 is 129 Å². The van der Waals surface area contributed by atoms with Crippen LogP contribution in [0.5, 0.6) is 0 Å². The number of amides is 3. The molecule has 0 aliphatic carbocycles. The molecule has 5 aliphatic heterocycles. The molecule has 3 amide bonds. The lowest BCUT2D eigenvalue weighted by Crippen LogP contribution is -2.71. The Hall–Kier alpha value is -2.51. The van der Waals surface area contributed by atoms with Gasteiger partial charge < -0.3 is 130 Å². The maximum Gasteiger partial charge on any atom is 0.222 e. The lowest BCUT2D eigenvalue weighted by Gasteiger charge is -2.50. The number of nitrogens with one attached hydrogen (secondary N) is 3. The number of carbonyl (C=O) groups is 3. The van der Waals surface area contributed by atoms with E-state index in [9.17, 15) is 85.9 Å². The van der Waals surface area contributed by atoms with Crippen LogP contribution in [0.3, 0.4) is 0 Å². The van der Waals surface area contributed by atoms with Gasteiger partial charge in [-0.1, -0.05) is 19.8 Å². The molecule has 0 aromatic heterocycles. The molecule has 17 N–H and O–H groups in total. The van der Waals surface area contributed by atoms with Crippen molar-refractivity contribution in [3.63, 3.8) is 0 Å². The van der Waals surface area contributed by atoms with Gasteiger partial charge in [-0.05, 0) is 6.42 Å². The number of rotatable bonds is 20. The Morgan fingerprint density at radius 1 is 0.449 bits per heavy atom. The van der Waals surface area contributed by atoms with E-state index in [1.807, 2.05) is 6.92 Å². The predicted octanol–water partition coefficient (Wildman–Crippen LogP) is -9.93. The van der Waals surface area contributed by atoms with E-state index in [1.165, 1.54) is 0 Å². The highest BCUT2D eigenvalue weighted by atomic mass is 16.8. The van der Waals surface area contributed by atoms with E-state index in [0.717, 1.165) is 26.7 Å². The first-order valence-electron chi connectivity index (χ1n) is 22.6. The van der Waals surface area contributed by atoms with Crippen molar-refractivity contribution in [1.29, 1.82) is 0 Å². The molecular weight excluding hydrogens is 938 g/mol. The number of ether oxygens (including phenoxy) is 9. The second kappa shape index (κ2) is 25.9. The monoisotopic (exact) mass is 1010 g/mol. The van der Waals surface area contributed by atoms with Crippen LogP contribution in [0.2, 0.25) is 0 Å². The van der Waals surface area contributed by atoms with Crippen LogP contribution in [0.4, 0.5) is 0 Å². The topological polar surface area (TPSA) is 454 Å². The Balaban J connectivity index is 1.40. The van der Waals surface area contributed by atoms with E-state index < -0.39 is 204 Å². The number of aliphatic hydroxyl groups excluding tert-OH is 14. The fourth-order valence-corrected chi connectivity index (χ4v) is 8.65. The highest BCUT2D eigenvalue weighted by molar-refractivity contribution is 5.77. The van der Waals surface area contributed by atoms with Crippen LogP contribution in [-0.4, -0.2) is 276 Å². The Kier molecular flexibility index (Phi) is 21.6. The molecule has 400 valence electrons. The Bertz CT molecular complexity index is 1620. The molecule has 0 radical (unpaired) electrons. The van der Waals surface area contributed by atoms with E-state index >= 15 is 0 Å². The fourth-order valence-electron chi connectivity index (χ4n) is 8.65. The van der Waals surface area contributed by atoms with Gasteiger partial charge in [0.1, 0.15) is 122 Å². The first-order valence-corrected chi connectivity index (χ1v) is 22.6. The average Bonchev–Trinajstić information content (AvgIpc) is 3.31. The van der Waals surface area contributed by atoms with Gasteiger partial charge in [-0.25, -0.2) is 0 Å². The Morgan fingerprint density at radius 3 is 1.45 bits per heavy atom. The van der Waals surface area contributed by atoms with E-state index in [2.05, 4.69) is 16.0 Å². The van der Waals surface area contributed by atoms with Crippen molar-refractivity contribution in [3.8, 4) is 0 Å². The third-order valence-corrected chi connectivity index (χ3v) is 12.4. The number of unbranched alkanes of at least 4 members (excludes halogenated alkanes) is 2. The minimum Gasteiger partial charge on any atom is -0.394 e. The summed E-state index contributed by atoms with van der Waals surface area (Å²) in [6.45, 7) is -0.308. The number of aliphatic hydroxyl groups is 14. The van der Waals surface area contributed by atoms with Crippen LogP contribution in [0.1, 0.15) is 46.5 Å². The van der Waals surface area contributed by atoms with Crippen LogP contribution in [0, 0.1) is 0 Å². The Labute approximate surface area is 394 Å². The van der Waals surface area contributed by atoms with Crippen molar-refractivity contribution in [2.45, 2.75) is 200 Å². The summed E-state index contributed by atoms with van der Waals surface area (Å²) in [7, 11) is 0. The second-order valence-electron chi connectivity index (χ2n) is 17.5. The summed E-state index contributed by atoms with van der Waals surface area (Å²) in [5.41, 5.74) is 0. The fraction of sp³-hybridized carbons (Fsp3) is 0.925. The van der Waals surface area contributed by atoms with Gasteiger partial charge in [-0.15, -0.1) is 0 Å². The quantitative estimate of drug-likeness (QED) is 0.0504. The lowest BCUT2D eigenvalue weighted by molar-refractivity contribution is -0.383. The normalized spacial score (nSPS) is 45.1. The van der Waals surface area contributed by atoms with Crippen LogP contribution < -0.4 is 16.0 Å². The van der Waals surface area contributed by atoms with Gasteiger partial charge in [0.15, 0.2) is 31.4 Å². The standard InChI is InChI=1S/C40H69N3O26/c1-4-5-6-7-20(50)43-36-21(41-13(2)48)26(54)33(17(10-46)62-36)67-37-22(42-14(3)49)27(55)34(18(11-47)65-37)68-40-32(60)35(69-39-31(59)29(57)24(52)16(9-45)64-39)25(53)19(66-40)12-61-38-30(58)28(56)23(51)15(8-44)63-38/h15-19,21-40,44-47,51-60H,4-12H2,1-3H3,(H,41,48)(H,42,49)(H,43,50)/t15?,16-,17?,18?,19?,21?,22?,23+,24-,25+,26-,27-,28+,29?,30?,31?,32?,33+,34+,35+,36-,37+,38-,39-,40+/m1/s1. The van der Waals surface area contributed by atoms with Crippen LogP contribution in [0.15, 0.2) is 0 Å². The lowest BCUT2D eigenvalue weighted by atomic mass is 9.93. The minimum absolute atomic E-state index is 0.0876. The van der Waals surface area contributed by atoms with Gasteiger partial charge in [-0.3, -0.25) is 14.4 Å². The third-order valence-electron chi connectivity index (χ3n) is 12.4. The first-order chi connectivity index (χ1) is 32.7. The molecule has 29 heteroatoms. The summed E-state index contributed by atoms with van der Waals surface area (Å²) >= 11 is 0. The van der Waals surface area contributed by atoms with E-state index in [0.29, 0.717) is 6.42 Å². The summed E-state index contributed by atoms with van der Waals surface area (Å²) in [6, 6.07) is -3.09. The number of hydrogen-bond donors (Lipinski definition) is 17. The largest absolute Gasteiger partial charge is 0.394 e. The zero-order chi connectivity index (χ0) is 51.0. The summed E-state index contributed by atoms with van der Waals surface area (Å²) in [5.74, 6) is -1.93. The molecule has 5 fully saturated rings. The smallest absolute Gasteiger partial charge is 0.222 e. The van der Waals surface area contributed by atoms with Gasteiger partial charge in [0, 0.05) is 20.3 Å². The number of carbonyl (C=O) groups excluding carboxylic acids is 3. The van der Waals surface area contributed by atoms with Crippen LogP contribution in [-0.2, 0) is 57.0 Å². The van der Waals surface area contributed by atoms with Gasteiger partial charge in [0.25, 0.3) is 0 Å². The summed E-state index contributed by atoms with van der Waals surface area (Å²) in [6.07, 6.45) is -39.7. The maximum atomic E-state index is 12.8.